The summed E-state index contributed by atoms with van der Waals surface area (Å²) in [5.41, 5.74) is 6.83. The summed E-state index contributed by atoms with van der Waals surface area (Å²) in [6, 6.07) is 12.0. The van der Waals surface area contributed by atoms with Gasteiger partial charge in [0.15, 0.2) is 0 Å². The summed E-state index contributed by atoms with van der Waals surface area (Å²) in [7, 11) is 0. The van der Waals surface area contributed by atoms with Crippen LogP contribution in [0.3, 0.4) is 0 Å². The van der Waals surface area contributed by atoms with E-state index in [0.717, 1.165) is 23.2 Å². The van der Waals surface area contributed by atoms with Gasteiger partial charge in [0.2, 0.25) is 0 Å². The Hall–Kier alpha value is -3.52. The van der Waals surface area contributed by atoms with Crippen LogP contribution in [0.25, 0.3) is 11.3 Å². The molecule has 0 bridgehead atoms. The number of H-pyrrole nitrogens is 1. The number of nitrogens with one attached hydrogen (secondary N) is 2. The van der Waals surface area contributed by atoms with Crippen LogP contribution in [0, 0.1) is 10.1 Å². The average molecular weight is 396 g/mol. The van der Waals surface area contributed by atoms with E-state index in [-0.39, 0.29) is 5.69 Å². The van der Waals surface area contributed by atoms with Gasteiger partial charge in [0.05, 0.1) is 16.8 Å². The second kappa shape index (κ2) is 7.24. The van der Waals surface area contributed by atoms with Gasteiger partial charge < -0.3 is 0 Å². The molecule has 0 fully saturated rings. The molecular weight excluding hydrogens is 382 g/mol. The van der Waals surface area contributed by atoms with Crippen LogP contribution in [0.1, 0.15) is 27.2 Å². The third-order valence-corrected chi connectivity index (χ3v) is 4.92. The normalized spacial score (nSPS) is 12.5. The molecule has 3 aromatic rings. The van der Waals surface area contributed by atoms with E-state index >= 15 is 0 Å². The van der Waals surface area contributed by atoms with Crippen LogP contribution in [0.15, 0.2) is 47.6 Å². The van der Waals surface area contributed by atoms with Crippen molar-refractivity contribution in [3.05, 3.63) is 80.0 Å². The predicted octanol–water partition coefficient (Wildman–Crippen LogP) is 3.50. The highest BCUT2D eigenvalue weighted by Gasteiger charge is 2.24. The van der Waals surface area contributed by atoms with Gasteiger partial charge in [0, 0.05) is 33.8 Å². The van der Waals surface area contributed by atoms with E-state index in [4.69, 9.17) is 11.6 Å². The van der Waals surface area contributed by atoms with Gasteiger partial charge >= 0.3 is 0 Å². The van der Waals surface area contributed by atoms with E-state index in [1.807, 2.05) is 18.2 Å². The number of rotatable bonds is 4. The van der Waals surface area contributed by atoms with Crippen molar-refractivity contribution in [3.8, 4) is 11.3 Å². The number of benzene rings is 2. The zero-order valence-electron chi connectivity index (χ0n) is 14.5. The molecule has 140 valence electrons. The quantitative estimate of drug-likeness (QED) is 0.399. The monoisotopic (exact) mass is 395 g/mol. The van der Waals surface area contributed by atoms with Crippen LogP contribution in [0.2, 0.25) is 5.02 Å². The second-order valence-corrected chi connectivity index (χ2v) is 6.65. The van der Waals surface area contributed by atoms with Gasteiger partial charge in [-0.3, -0.25) is 20.0 Å². The SMILES string of the molecule is O=C(NN=Cc1cc([N+](=O)[O-])ccc1Cl)c1[nH]nc2c1CCc1ccccc1-2. The number of hydrazone groups is 1. The highest BCUT2D eigenvalue weighted by atomic mass is 35.5. The van der Waals surface area contributed by atoms with Gasteiger partial charge in [-0.15, -0.1) is 0 Å². The summed E-state index contributed by atoms with van der Waals surface area (Å²) in [6.07, 6.45) is 2.80. The molecule has 0 saturated carbocycles. The largest absolute Gasteiger partial charge is 0.289 e. The lowest BCUT2D eigenvalue weighted by molar-refractivity contribution is -0.384. The minimum atomic E-state index is -0.527. The number of halogens is 1. The number of non-ortho nitro benzene ring substituents is 1. The van der Waals surface area contributed by atoms with E-state index in [9.17, 15) is 14.9 Å². The van der Waals surface area contributed by atoms with Crippen molar-refractivity contribution in [2.75, 3.05) is 0 Å². The Labute approximate surface area is 164 Å². The Morgan fingerprint density at radius 1 is 1.29 bits per heavy atom. The zero-order valence-corrected chi connectivity index (χ0v) is 15.2. The lowest BCUT2D eigenvalue weighted by Gasteiger charge is -2.15. The first-order chi connectivity index (χ1) is 13.5. The molecule has 1 aliphatic rings. The summed E-state index contributed by atoms with van der Waals surface area (Å²) >= 11 is 6.02. The molecule has 0 atom stereocenters. The molecule has 0 unspecified atom stereocenters. The van der Waals surface area contributed by atoms with Crippen molar-refractivity contribution in [2.24, 2.45) is 5.10 Å². The molecule has 28 heavy (non-hydrogen) atoms. The number of hydrogen-bond acceptors (Lipinski definition) is 5. The van der Waals surface area contributed by atoms with Crippen LogP contribution in [0.5, 0.6) is 0 Å². The van der Waals surface area contributed by atoms with Gasteiger partial charge in [-0.25, -0.2) is 5.43 Å². The van der Waals surface area contributed by atoms with Crippen molar-refractivity contribution in [2.45, 2.75) is 12.8 Å². The Morgan fingerprint density at radius 2 is 2.11 bits per heavy atom. The molecular formula is C19H14ClN5O3. The van der Waals surface area contributed by atoms with E-state index in [1.54, 1.807) is 0 Å². The lowest BCUT2D eigenvalue weighted by atomic mass is 9.89. The molecule has 1 aliphatic carbocycles. The van der Waals surface area contributed by atoms with E-state index in [1.165, 1.54) is 30.0 Å². The first-order valence-corrected chi connectivity index (χ1v) is 8.85. The third kappa shape index (κ3) is 3.25. The summed E-state index contributed by atoms with van der Waals surface area (Å²) in [6.45, 7) is 0. The Balaban J connectivity index is 1.54. The molecule has 0 aliphatic heterocycles. The highest BCUT2D eigenvalue weighted by Crippen LogP contribution is 2.33. The van der Waals surface area contributed by atoms with Crippen molar-refractivity contribution in [3.63, 3.8) is 0 Å². The summed E-state index contributed by atoms with van der Waals surface area (Å²) in [4.78, 5) is 22.8. The molecule has 4 rings (SSSR count). The smallest absolute Gasteiger partial charge is 0.272 e. The minimum absolute atomic E-state index is 0.113. The van der Waals surface area contributed by atoms with E-state index in [2.05, 4.69) is 26.8 Å². The van der Waals surface area contributed by atoms with Crippen LogP contribution in [0.4, 0.5) is 5.69 Å². The fourth-order valence-corrected chi connectivity index (χ4v) is 3.37. The van der Waals surface area contributed by atoms with Crippen molar-refractivity contribution >= 4 is 29.4 Å². The fraction of sp³-hybridized carbons (Fsp3) is 0.105. The maximum absolute atomic E-state index is 12.5. The molecule has 0 saturated heterocycles. The molecule has 9 heteroatoms. The third-order valence-electron chi connectivity index (χ3n) is 4.57. The number of carbonyl (C=O) groups excluding carboxylic acids is 1. The van der Waals surface area contributed by atoms with Crippen LogP contribution < -0.4 is 5.43 Å². The van der Waals surface area contributed by atoms with E-state index < -0.39 is 10.8 Å². The number of hydrogen-bond donors (Lipinski definition) is 2. The number of nitro benzene ring substituents is 1. The van der Waals surface area contributed by atoms with Gasteiger partial charge in [0.25, 0.3) is 11.6 Å². The number of nitrogens with zero attached hydrogens (tertiary/aromatic N) is 3. The molecule has 0 spiro atoms. The Morgan fingerprint density at radius 3 is 2.93 bits per heavy atom. The molecule has 2 aromatic carbocycles. The number of nitro groups is 1. The van der Waals surface area contributed by atoms with E-state index in [0.29, 0.717) is 22.7 Å². The molecule has 0 radical (unpaired) electrons. The first-order valence-electron chi connectivity index (χ1n) is 8.47. The molecule has 1 aromatic heterocycles. The Kier molecular flexibility index (Phi) is 4.62. The first kappa shape index (κ1) is 17.9. The summed E-state index contributed by atoms with van der Waals surface area (Å²) < 4.78 is 0. The van der Waals surface area contributed by atoms with Crippen LogP contribution in [-0.2, 0) is 12.8 Å². The van der Waals surface area contributed by atoms with Crippen LogP contribution in [-0.4, -0.2) is 27.2 Å². The number of aromatic nitrogens is 2. The average Bonchev–Trinajstić information content (AvgIpc) is 3.14. The molecule has 2 N–H and O–H groups in total. The van der Waals surface area contributed by atoms with Crippen LogP contribution >= 0.6 is 11.6 Å². The molecule has 1 amide bonds. The predicted molar refractivity (Wildman–Crippen MR) is 105 cm³/mol. The van der Waals surface area contributed by atoms with Gasteiger partial charge in [-0.2, -0.15) is 10.2 Å². The van der Waals surface area contributed by atoms with Gasteiger partial charge in [-0.05, 0) is 24.5 Å². The van der Waals surface area contributed by atoms with Crippen molar-refractivity contribution < 1.29 is 9.72 Å². The highest BCUT2D eigenvalue weighted by molar-refractivity contribution is 6.33. The summed E-state index contributed by atoms with van der Waals surface area (Å²) in [5.74, 6) is -0.439. The lowest BCUT2D eigenvalue weighted by Crippen LogP contribution is -2.20. The van der Waals surface area contributed by atoms with Crippen molar-refractivity contribution in [1.29, 1.82) is 0 Å². The number of fused-ring (bicyclic) bond motifs is 3. The Bertz CT molecular complexity index is 1120. The maximum Gasteiger partial charge on any atom is 0.289 e. The number of amides is 1. The zero-order chi connectivity index (χ0) is 19.7. The standard InChI is InChI=1S/C19H14ClN5O3/c20-16-8-6-13(25(27)28)9-12(16)10-21-24-19(26)18-15-7-5-11-3-1-2-4-14(11)17(15)22-23-18/h1-4,6,8-10H,5,7H2,(H,22,23)(H,24,26). The van der Waals surface area contributed by atoms with Gasteiger partial charge in [-0.1, -0.05) is 35.9 Å². The van der Waals surface area contributed by atoms with Crippen molar-refractivity contribution in [1.82, 2.24) is 15.6 Å². The molecule has 8 nitrogen and oxygen atoms in total. The molecule has 1 heterocycles. The number of aromatic amines is 1. The maximum atomic E-state index is 12.5. The topological polar surface area (TPSA) is 113 Å². The minimum Gasteiger partial charge on any atom is -0.272 e. The number of aryl methyl sites for hydroxylation is 1. The second-order valence-electron chi connectivity index (χ2n) is 6.24. The number of carbonyl (C=O) groups is 1. The fourth-order valence-electron chi connectivity index (χ4n) is 3.21. The van der Waals surface area contributed by atoms with Gasteiger partial charge in [0.1, 0.15) is 5.69 Å². The summed E-state index contributed by atoms with van der Waals surface area (Å²) in [5, 5.41) is 22.1.